The topological polar surface area (TPSA) is 34.1 Å². The molecule has 0 aliphatic heterocycles. The maximum absolute atomic E-state index is 12.0. The van der Waals surface area contributed by atoms with Gasteiger partial charge in [-0.1, -0.05) is 44.9 Å². The highest BCUT2D eigenvalue weighted by atomic mass is 16.1. The fourth-order valence-electron chi connectivity index (χ4n) is 2.90. The predicted octanol–water partition coefficient (Wildman–Crippen LogP) is 4.30. The second kappa shape index (κ2) is 7.42. The van der Waals surface area contributed by atoms with Crippen molar-refractivity contribution < 1.29 is 9.59 Å². The van der Waals surface area contributed by atoms with E-state index in [1.54, 1.807) is 12.2 Å². The van der Waals surface area contributed by atoms with Gasteiger partial charge >= 0.3 is 0 Å². The summed E-state index contributed by atoms with van der Waals surface area (Å²) >= 11 is 0. The number of carbonyl (C=O) groups is 2. The van der Waals surface area contributed by atoms with E-state index in [0.717, 1.165) is 36.8 Å². The normalized spacial score (nSPS) is 23.4. The van der Waals surface area contributed by atoms with Crippen molar-refractivity contribution in [2.24, 2.45) is 0 Å². The highest BCUT2D eigenvalue weighted by molar-refractivity contribution is 6.19. The van der Waals surface area contributed by atoms with E-state index in [1.807, 2.05) is 0 Å². The molecule has 2 heteroatoms. The van der Waals surface area contributed by atoms with E-state index in [-0.39, 0.29) is 11.6 Å². The molecule has 3 rings (SSSR count). The molecule has 2 nitrogen and oxygen atoms in total. The van der Waals surface area contributed by atoms with Gasteiger partial charge < -0.3 is 0 Å². The van der Waals surface area contributed by atoms with Gasteiger partial charge in [-0.15, -0.1) is 0 Å². The molecule has 0 aromatic heterocycles. The maximum atomic E-state index is 12.0. The van der Waals surface area contributed by atoms with E-state index in [4.69, 9.17) is 0 Å². The molecular weight excluding hydrogens is 236 g/mol. The molecule has 0 unspecified atom stereocenters. The van der Waals surface area contributed by atoms with Crippen LogP contribution in [0.25, 0.3) is 0 Å². The van der Waals surface area contributed by atoms with Crippen molar-refractivity contribution in [1.29, 1.82) is 0 Å². The lowest BCUT2D eigenvalue weighted by atomic mass is 9.91. The lowest BCUT2D eigenvalue weighted by Gasteiger charge is -2.12. The zero-order valence-corrected chi connectivity index (χ0v) is 11.7. The molecule has 19 heavy (non-hydrogen) atoms. The number of fused-ring (bicyclic) bond motifs is 12. The van der Waals surface area contributed by atoms with Crippen LogP contribution >= 0.6 is 0 Å². The van der Waals surface area contributed by atoms with Crippen LogP contribution < -0.4 is 0 Å². The van der Waals surface area contributed by atoms with Crippen LogP contribution in [0.4, 0.5) is 0 Å². The summed E-state index contributed by atoms with van der Waals surface area (Å²) in [5.74, 6) is 0.147. The zero-order valence-electron chi connectivity index (χ0n) is 11.7. The van der Waals surface area contributed by atoms with Crippen molar-refractivity contribution in [1.82, 2.24) is 0 Å². The molecule has 0 amide bonds. The maximum Gasteiger partial charge on any atom is 0.182 e. The third-order valence-electron chi connectivity index (χ3n) is 4.14. The number of allylic oxidation sites excluding steroid dienone is 4. The Morgan fingerprint density at radius 2 is 0.842 bits per heavy atom. The van der Waals surface area contributed by atoms with Gasteiger partial charge in [-0.05, 0) is 37.8 Å². The summed E-state index contributed by atoms with van der Waals surface area (Å²) in [6.07, 6.45) is 15.6. The summed E-state index contributed by atoms with van der Waals surface area (Å²) in [6.45, 7) is 0. The number of ketones is 2. The lowest BCUT2D eigenvalue weighted by Crippen LogP contribution is -2.13. The number of carbonyl (C=O) groups excluding carboxylic acids is 2. The highest BCUT2D eigenvalue weighted by Gasteiger charge is 2.19. The summed E-state index contributed by atoms with van der Waals surface area (Å²) in [4.78, 5) is 23.9. The smallest absolute Gasteiger partial charge is 0.182 e. The monoisotopic (exact) mass is 260 g/mol. The van der Waals surface area contributed by atoms with Gasteiger partial charge in [-0.25, -0.2) is 0 Å². The Labute approximate surface area is 116 Å². The number of hydrogen-bond acceptors (Lipinski definition) is 2. The Kier molecular flexibility index (Phi) is 5.56. The van der Waals surface area contributed by atoms with Crippen LogP contribution in [0.5, 0.6) is 0 Å². The summed E-state index contributed by atoms with van der Waals surface area (Å²) in [7, 11) is 0. The molecule has 0 atom stereocenters. The standard InChI is InChI=1S/C17H24O2/c18-16-13-15-11-9-7-5-3-1-2-4-6-8-10-14(16)12-17(15)19/h12-13H,1-11H2. The fourth-order valence-corrected chi connectivity index (χ4v) is 2.90. The second-order valence-corrected chi connectivity index (χ2v) is 5.75. The fraction of sp³-hybridized carbons (Fsp3) is 0.647. The van der Waals surface area contributed by atoms with Gasteiger partial charge in [0.05, 0.1) is 0 Å². The average molecular weight is 260 g/mol. The van der Waals surface area contributed by atoms with Gasteiger partial charge in [0.2, 0.25) is 0 Å². The highest BCUT2D eigenvalue weighted by Crippen LogP contribution is 2.22. The van der Waals surface area contributed by atoms with Crippen molar-refractivity contribution in [2.75, 3.05) is 0 Å². The largest absolute Gasteiger partial charge is 0.290 e. The molecule has 0 aromatic carbocycles. The average Bonchev–Trinajstić information content (AvgIpc) is 2.40. The van der Waals surface area contributed by atoms with Crippen LogP contribution in [0.15, 0.2) is 23.3 Å². The molecule has 0 radical (unpaired) electrons. The van der Waals surface area contributed by atoms with Gasteiger partial charge in [-0.3, -0.25) is 9.59 Å². The quantitative estimate of drug-likeness (QED) is 0.609. The Balaban J connectivity index is 1.99. The van der Waals surface area contributed by atoms with Crippen LogP contribution in [-0.4, -0.2) is 11.6 Å². The molecule has 3 aliphatic rings. The van der Waals surface area contributed by atoms with Crippen LogP contribution in [0, 0.1) is 0 Å². The molecule has 0 aromatic rings. The van der Waals surface area contributed by atoms with Crippen molar-refractivity contribution in [3.63, 3.8) is 0 Å². The summed E-state index contributed by atoms with van der Waals surface area (Å²) in [5.41, 5.74) is 1.45. The first-order valence-electron chi connectivity index (χ1n) is 7.77. The third kappa shape index (κ3) is 4.45. The first-order chi connectivity index (χ1) is 9.27. The third-order valence-corrected chi connectivity index (χ3v) is 4.14. The minimum Gasteiger partial charge on any atom is -0.290 e. The van der Waals surface area contributed by atoms with E-state index >= 15 is 0 Å². The van der Waals surface area contributed by atoms with E-state index in [1.165, 1.54) is 44.9 Å². The SMILES string of the molecule is O=C1C=C2CCCCCCCCCCCC1=CC2=O. The molecule has 0 heterocycles. The molecule has 2 bridgehead atoms. The molecule has 104 valence electrons. The molecule has 0 fully saturated rings. The van der Waals surface area contributed by atoms with E-state index in [2.05, 4.69) is 0 Å². The van der Waals surface area contributed by atoms with E-state index < -0.39 is 0 Å². The lowest BCUT2D eigenvalue weighted by molar-refractivity contribution is -0.115. The van der Waals surface area contributed by atoms with Gasteiger partial charge in [-0.2, -0.15) is 0 Å². The van der Waals surface area contributed by atoms with Gasteiger partial charge in [0.1, 0.15) is 0 Å². The van der Waals surface area contributed by atoms with Gasteiger partial charge in [0.25, 0.3) is 0 Å². The molecule has 0 saturated heterocycles. The predicted molar refractivity (Wildman–Crippen MR) is 77.0 cm³/mol. The number of hydrogen-bond donors (Lipinski definition) is 0. The Hall–Kier alpha value is -1.18. The Bertz CT molecular complexity index is 363. The summed E-state index contributed by atoms with van der Waals surface area (Å²) < 4.78 is 0. The molecular formula is C17H24O2. The van der Waals surface area contributed by atoms with Crippen LogP contribution in [0.1, 0.15) is 70.6 Å². The van der Waals surface area contributed by atoms with Crippen LogP contribution in [0.3, 0.4) is 0 Å². The molecule has 0 N–H and O–H groups in total. The van der Waals surface area contributed by atoms with Gasteiger partial charge in [0.15, 0.2) is 11.6 Å². The minimum absolute atomic E-state index is 0.0736. The van der Waals surface area contributed by atoms with Crippen LogP contribution in [0.2, 0.25) is 0 Å². The van der Waals surface area contributed by atoms with E-state index in [0.29, 0.717) is 0 Å². The molecule has 3 aliphatic carbocycles. The minimum atomic E-state index is 0.0736. The van der Waals surface area contributed by atoms with E-state index in [9.17, 15) is 9.59 Å². The summed E-state index contributed by atoms with van der Waals surface area (Å²) in [5, 5.41) is 0. The Morgan fingerprint density at radius 1 is 0.526 bits per heavy atom. The van der Waals surface area contributed by atoms with Crippen molar-refractivity contribution in [3.05, 3.63) is 23.3 Å². The number of rotatable bonds is 0. The van der Waals surface area contributed by atoms with Crippen molar-refractivity contribution >= 4 is 11.6 Å². The molecule has 0 saturated carbocycles. The second-order valence-electron chi connectivity index (χ2n) is 5.75. The molecule has 0 spiro atoms. The summed E-state index contributed by atoms with van der Waals surface area (Å²) in [6, 6.07) is 0. The van der Waals surface area contributed by atoms with Crippen LogP contribution in [-0.2, 0) is 9.59 Å². The van der Waals surface area contributed by atoms with Crippen molar-refractivity contribution in [2.45, 2.75) is 70.6 Å². The van der Waals surface area contributed by atoms with Gasteiger partial charge in [0, 0.05) is 11.1 Å². The van der Waals surface area contributed by atoms with Crippen molar-refractivity contribution in [3.8, 4) is 0 Å². The first-order valence-corrected chi connectivity index (χ1v) is 7.77. The zero-order chi connectivity index (χ0) is 13.5. The first kappa shape index (κ1) is 14.2. The Morgan fingerprint density at radius 3 is 1.21 bits per heavy atom.